The van der Waals surface area contributed by atoms with Crippen molar-refractivity contribution in [3.05, 3.63) is 34.9 Å². The van der Waals surface area contributed by atoms with Crippen LogP contribution < -0.4 is 10.6 Å². The standard InChI is InChI=1S/C14H20ClN3O/c1-11-9-18(7-6-16-11)10-14(19)17-8-12-2-4-13(15)5-3-12/h2-5,11,16H,6-10H2,1H3,(H,17,19). The molecule has 1 unspecified atom stereocenters. The van der Waals surface area contributed by atoms with E-state index >= 15 is 0 Å². The minimum absolute atomic E-state index is 0.0732. The van der Waals surface area contributed by atoms with E-state index in [0.717, 1.165) is 25.2 Å². The third kappa shape index (κ3) is 4.82. The first kappa shape index (κ1) is 14.3. The van der Waals surface area contributed by atoms with Gasteiger partial charge in [0, 0.05) is 37.2 Å². The molecule has 1 aliphatic rings. The molecule has 1 atom stereocenters. The SMILES string of the molecule is CC1CN(CC(=O)NCc2ccc(Cl)cc2)CCN1. The van der Waals surface area contributed by atoms with Gasteiger partial charge in [0.15, 0.2) is 0 Å². The van der Waals surface area contributed by atoms with E-state index in [4.69, 9.17) is 11.6 Å². The Morgan fingerprint density at radius 3 is 2.89 bits per heavy atom. The van der Waals surface area contributed by atoms with Crippen LogP contribution in [0, 0.1) is 0 Å². The van der Waals surface area contributed by atoms with Crippen LogP contribution >= 0.6 is 11.6 Å². The predicted molar refractivity (Wildman–Crippen MR) is 77.2 cm³/mol. The third-order valence-corrected chi connectivity index (χ3v) is 3.48. The summed E-state index contributed by atoms with van der Waals surface area (Å²) in [4.78, 5) is 14.0. The van der Waals surface area contributed by atoms with Crippen LogP contribution in [0.15, 0.2) is 24.3 Å². The molecule has 5 heteroatoms. The fraction of sp³-hybridized carbons (Fsp3) is 0.500. The molecule has 1 aromatic carbocycles. The average molecular weight is 282 g/mol. The molecule has 0 aliphatic carbocycles. The molecule has 19 heavy (non-hydrogen) atoms. The lowest BCUT2D eigenvalue weighted by molar-refractivity contribution is -0.122. The zero-order valence-electron chi connectivity index (χ0n) is 11.2. The number of nitrogens with zero attached hydrogens (tertiary/aromatic N) is 1. The Hall–Kier alpha value is -1.10. The Morgan fingerprint density at radius 1 is 1.47 bits per heavy atom. The molecule has 0 bridgehead atoms. The second-order valence-corrected chi connectivity index (χ2v) is 5.43. The topological polar surface area (TPSA) is 44.4 Å². The summed E-state index contributed by atoms with van der Waals surface area (Å²) in [6.07, 6.45) is 0. The van der Waals surface area contributed by atoms with E-state index in [1.165, 1.54) is 0 Å². The number of hydrogen-bond donors (Lipinski definition) is 2. The van der Waals surface area contributed by atoms with Crippen molar-refractivity contribution in [1.82, 2.24) is 15.5 Å². The molecule has 4 nitrogen and oxygen atoms in total. The van der Waals surface area contributed by atoms with Gasteiger partial charge in [0.2, 0.25) is 5.91 Å². The summed E-state index contributed by atoms with van der Waals surface area (Å²) in [5.41, 5.74) is 1.06. The molecule has 1 aromatic rings. The lowest BCUT2D eigenvalue weighted by atomic mass is 10.2. The number of carbonyl (C=O) groups excluding carboxylic acids is 1. The lowest BCUT2D eigenvalue weighted by Gasteiger charge is -2.31. The molecule has 1 heterocycles. The number of nitrogens with one attached hydrogen (secondary N) is 2. The maximum Gasteiger partial charge on any atom is 0.234 e. The van der Waals surface area contributed by atoms with Gasteiger partial charge in [-0.1, -0.05) is 23.7 Å². The van der Waals surface area contributed by atoms with E-state index in [1.54, 1.807) is 0 Å². The van der Waals surface area contributed by atoms with Gasteiger partial charge in [0.25, 0.3) is 0 Å². The van der Waals surface area contributed by atoms with Crippen LogP contribution in [0.5, 0.6) is 0 Å². The maximum atomic E-state index is 11.9. The van der Waals surface area contributed by atoms with Crippen molar-refractivity contribution in [2.24, 2.45) is 0 Å². The van der Waals surface area contributed by atoms with Crippen molar-refractivity contribution < 1.29 is 4.79 Å². The molecule has 1 amide bonds. The normalized spacial score (nSPS) is 20.2. The number of carbonyl (C=O) groups is 1. The van der Waals surface area contributed by atoms with Gasteiger partial charge in [-0.05, 0) is 24.6 Å². The minimum Gasteiger partial charge on any atom is -0.351 e. The van der Waals surface area contributed by atoms with E-state index in [1.807, 2.05) is 24.3 Å². The average Bonchev–Trinajstić information content (AvgIpc) is 2.38. The van der Waals surface area contributed by atoms with Crippen LogP contribution in [-0.4, -0.2) is 43.0 Å². The Labute approximate surface area is 119 Å². The van der Waals surface area contributed by atoms with Crippen LogP contribution in [0.3, 0.4) is 0 Å². The first-order valence-electron chi connectivity index (χ1n) is 6.60. The molecule has 0 radical (unpaired) electrons. The van der Waals surface area contributed by atoms with Crippen LogP contribution in [0.2, 0.25) is 5.02 Å². The van der Waals surface area contributed by atoms with Crippen molar-refractivity contribution in [3.8, 4) is 0 Å². The Kier molecular flexibility index (Phi) is 5.19. The summed E-state index contributed by atoms with van der Waals surface area (Å²) in [6.45, 7) is 5.97. The van der Waals surface area contributed by atoms with Gasteiger partial charge in [-0.3, -0.25) is 9.69 Å². The van der Waals surface area contributed by atoms with Gasteiger partial charge in [-0.25, -0.2) is 0 Å². The van der Waals surface area contributed by atoms with Gasteiger partial charge >= 0.3 is 0 Å². The highest BCUT2D eigenvalue weighted by atomic mass is 35.5. The summed E-state index contributed by atoms with van der Waals surface area (Å²) >= 11 is 5.82. The van der Waals surface area contributed by atoms with E-state index in [-0.39, 0.29) is 5.91 Å². The molecule has 1 aliphatic heterocycles. The molecule has 2 N–H and O–H groups in total. The number of rotatable bonds is 4. The number of halogens is 1. The molecule has 0 aromatic heterocycles. The Morgan fingerprint density at radius 2 is 2.21 bits per heavy atom. The number of piperazine rings is 1. The Bertz CT molecular complexity index is 421. The van der Waals surface area contributed by atoms with E-state index in [0.29, 0.717) is 24.2 Å². The second-order valence-electron chi connectivity index (χ2n) is 4.99. The fourth-order valence-corrected chi connectivity index (χ4v) is 2.34. The summed E-state index contributed by atoms with van der Waals surface area (Å²) in [6, 6.07) is 7.98. The van der Waals surface area contributed by atoms with Crippen LogP contribution in [0.4, 0.5) is 0 Å². The second kappa shape index (κ2) is 6.89. The Balaban J connectivity index is 1.73. The predicted octanol–water partition coefficient (Wildman–Crippen LogP) is 1.25. The maximum absolute atomic E-state index is 11.9. The smallest absolute Gasteiger partial charge is 0.234 e. The third-order valence-electron chi connectivity index (χ3n) is 3.22. The molecule has 104 valence electrons. The van der Waals surface area contributed by atoms with Crippen molar-refractivity contribution in [2.45, 2.75) is 19.5 Å². The van der Waals surface area contributed by atoms with Crippen molar-refractivity contribution in [2.75, 3.05) is 26.2 Å². The van der Waals surface area contributed by atoms with E-state index < -0.39 is 0 Å². The summed E-state index contributed by atoms with van der Waals surface area (Å²) in [5, 5.41) is 7.01. The summed E-state index contributed by atoms with van der Waals surface area (Å²) < 4.78 is 0. The van der Waals surface area contributed by atoms with E-state index in [2.05, 4.69) is 22.5 Å². The molecule has 1 fully saturated rings. The van der Waals surface area contributed by atoms with Crippen molar-refractivity contribution >= 4 is 17.5 Å². The van der Waals surface area contributed by atoms with E-state index in [9.17, 15) is 4.79 Å². The quantitative estimate of drug-likeness (QED) is 0.873. The minimum atomic E-state index is 0.0732. The molecule has 1 saturated heterocycles. The van der Waals surface area contributed by atoms with Crippen LogP contribution in [-0.2, 0) is 11.3 Å². The molecule has 0 spiro atoms. The number of hydrogen-bond acceptors (Lipinski definition) is 3. The van der Waals surface area contributed by atoms with Crippen molar-refractivity contribution in [1.29, 1.82) is 0 Å². The summed E-state index contributed by atoms with van der Waals surface area (Å²) in [7, 11) is 0. The highest BCUT2D eigenvalue weighted by Crippen LogP contribution is 2.09. The van der Waals surface area contributed by atoms with Crippen LogP contribution in [0.25, 0.3) is 0 Å². The zero-order chi connectivity index (χ0) is 13.7. The first-order chi connectivity index (χ1) is 9.13. The van der Waals surface area contributed by atoms with Gasteiger partial charge < -0.3 is 10.6 Å². The molecule has 0 saturated carbocycles. The molecular formula is C14H20ClN3O. The number of benzene rings is 1. The van der Waals surface area contributed by atoms with Gasteiger partial charge in [-0.15, -0.1) is 0 Å². The molecular weight excluding hydrogens is 262 g/mol. The fourth-order valence-electron chi connectivity index (χ4n) is 2.22. The first-order valence-corrected chi connectivity index (χ1v) is 6.98. The summed E-state index contributed by atoms with van der Waals surface area (Å²) in [5.74, 6) is 0.0732. The van der Waals surface area contributed by atoms with Crippen molar-refractivity contribution in [3.63, 3.8) is 0 Å². The zero-order valence-corrected chi connectivity index (χ0v) is 11.9. The molecule has 2 rings (SSSR count). The highest BCUT2D eigenvalue weighted by molar-refractivity contribution is 6.30. The highest BCUT2D eigenvalue weighted by Gasteiger charge is 2.17. The monoisotopic (exact) mass is 281 g/mol. The largest absolute Gasteiger partial charge is 0.351 e. The number of amides is 1. The van der Waals surface area contributed by atoms with Crippen LogP contribution in [0.1, 0.15) is 12.5 Å². The van der Waals surface area contributed by atoms with Gasteiger partial charge in [-0.2, -0.15) is 0 Å². The van der Waals surface area contributed by atoms with Gasteiger partial charge in [0.1, 0.15) is 0 Å². The lowest BCUT2D eigenvalue weighted by Crippen LogP contribution is -2.51. The van der Waals surface area contributed by atoms with Gasteiger partial charge in [0.05, 0.1) is 6.54 Å².